The first-order valence-corrected chi connectivity index (χ1v) is 5.74. The highest BCUT2D eigenvalue weighted by Crippen LogP contribution is 2.08. The molecule has 86 valence electrons. The molecular formula is C10H17ClN2O2. The number of carbonyl (C=O) groups is 2. The summed E-state index contributed by atoms with van der Waals surface area (Å²) in [6.45, 7) is 3.27. The van der Waals surface area contributed by atoms with Crippen molar-refractivity contribution in [1.29, 1.82) is 0 Å². The van der Waals surface area contributed by atoms with Gasteiger partial charge in [-0.25, -0.2) is 0 Å². The summed E-state index contributed by atoms with van der Waals surface area (Å²) in [5.41, 5.74) is 0. The maximum Gasteiger partial charge on any atom is 0.241 e. The Bertz CT molecular complexity index is 238. The normalized spacial score (nSPS) is 18.4. The van der Waals surface area contributed by atoms with Gasteiger partial charge >= 0.3 is 0 Å². The summed E-state index contributed by atoms with van der Waals surface area (Å²) in [4.78, 5) is 24.5. The standard InChI is InChI=1S/C10H17ClN2O2/c1-8(11)10(15)12-7-9(14)13-5-3-2-4-6-13/h8H,2-7H2,1H3,(H,12,15). The van der Waals surface area contributed by atoms with Gasteiger partial charge in [-0.3, -0.25) is 9.59 Å². The molecule has 0 aliphatic carbocycles. The quantitative estimate of drug-likeness (QED) is 0.730. The van der Waals surface area contributed by atoms with Crippen LogP contribution in [0.1, 0.15) is 26.2 Å². The molecule has 0 aromatic heterocycles. The molecule has 0 aromatic carbocycles. The lowest BCUT2D eigenvalue weighted by Gasteiger charge is -2.26. The number of amides is 2. The molecule has 1 rings (SSSR count). The lowest BCUT2D eigenvalue weighted by molar-refractivity contribution is -0.133. The van der Waals surface area contributed by atoms with E-state index in [0.717, 1.165) is 25.9 Å². The van der Waals surface area contributed by atoms with Crippen molar-refractivity contribution < 1.29 is 9.59 Å². The second-order valence-corrected chi connectivity index (χ2v) is 4.43. The third-order valence-electron chi connectivity index (χ3n) is 2.48. The Kier molecular flexibility index (Phi) is 4.88. The van der Waals surface area contributed by atoms with Crippen LogP contribution in [0, 0.1) is 0 Å². The summed E-state index contributed by atoms with van der Waals surface area (Å²) in [5, 5.41) is 1.93. The Labute approximate surface area is 95.0 Å². The summed E-state index contributed by atoms with van der Waals surface area (Å²) in [6, 6.07) is 0. The second kappa shape index (κ2) is 5.95. The highest BCUT2D eigenvalue weighted by atomic mass is 35.5. The van der Waals surface area contributed by atoms with Crippen LogP contribution in [0.5, 0.6) is 0 Å². The van der Waals surface area contributed by atoms with Gasteiger partial charge in [0, 0.05) is 13.1 Å². The van der Waals surface area contributed by atoms with Gasteiger partial charge in [0.15, 0.2) is 0 Å². The molecule has 0 radical (unpaired) electrons. The highest BCUT2D eigenvalue weighted by Gasteiger charge is 2.17. The number of hydrogen-bond acceptors (Lipinski definition) is 2. The Morgan fingerprint density at radius 1 is 1.33 bits per heavy atom. The molecule has 0 spiro atoms. The molecular weight excluding hydrogens is 216 g/mol. The van der Waals surface area contributed by atoms with Crippen LogP contribution in [0.15, 0.2) is 0 Å². The Morgan fingerprint density at radius 3 is 2.47 bits per heavy atom. The molecule has 4 nitrogen and oxygen atoms in total. The minimum absolute atomic E-state index is 0.0135. The average Bonchev–Trinajstić information content (AvgIpc) is 2.26. The van der Waals surface area contributed by atoms with E-state index < -0.39 is 5.38 Å². The number of nitrogens with zero attached hydrogens (tertiary/aromatic N) is 1. The van der Waals surface area contributed by atoms with Crippen molar-refractivity contribution >= 4 is 23.4 Å². The summed E-state index contributed by atoms with van der Waals surface area (Å²) in [6.07, 6.45) is 3.31. The van der Waals surface area contributed by atoms with E-state index >= 15 is 0 Å². The SMILES string of the molecule is CC(Cl)C(=O)NCC(=O)N1CCCCC1. The Balaban J connectivity index is 2.26. The van der Waals surface area contributed by atoms with Gasteiger partial charge in [0.05, 0.1) is 6.54 Å². The monoisotopic (exact) mass is 232 g/mol. The van der Waals surface area contributed by atoms with Crippen molar-refractivity contribution in [3.63, 3.8) is 0 Å². The van der Waals surface area contributed by atoms with Crippen molar-refractivity contribution in [2.75, 3.05) is 19.6 Å². The van der Waals surface area contributed by atoms with Gasteiger partial charge in [-0.1, -0.05) is 0 Å². The maximum atomic E-state index is 11.6. The average molecular weight is 233 g/mol. The number of carbonyl (C=O) groups excluding carboxylic acids is 2. The van der Waals surface area contributed by atoms with Gasteiger partial charge in [0.2, 0.25) is 11.8 Å². The van der Waals surface area contributed by atoms with Gasteiger partial charge < -0.3 is 10.2 Å². The smallest absolute Gasteiger partial charge is 0.241 e. The number of piperidine rings is 1. The van der Waals surface area contributed by atoms with Crippen LogP contribution in [0.4, 0.5) is 0 Å². The zero-order chi connectivity index (χ0) is 11.3. The zero-order valence-electron chi connectivity index (χ0n) is 8.96. The molecule has 1 aliphatic heterocycles. The van der Waals surface area contributed by atoms with Crippen LogP contribution in [0.25, 0.3) is 0 Å². The predicted octanol–water partition coefficient (Wildman–Crippen LogP) is 0.742. The van der Waals surface area contributed by atoms with Crippen LogP contribution in [-0.4, -0.2) is 41.7 Å². The van der Waals surface area contributed by atoms with Crippen LogP contribution in [-0.2, 0) is 9.59 Å². The number of halogens is 1. The summed E-state index contributed by atoms with van der Waals surface area (Å²) < 4.78 is 0. The number of rotatable bonds is 3. The van der Waals surface area contributed by atoms with Gasteiger partial charge in [0.1, 0.15) is 5.38 Å². The van der Waals surface area contributed by atoms with E-state index in [2.05, 4.69) is 5.32 Å². The Morgan fingerprint density at radius 2 is 1.93 bits per heavy atom. The fraction of sp³-hybridized carbons (Fsp3) is 0.800. The van der Waals surface area contributed by atoms with Crippen molar-refractivity contribution in [1.82, 2.24) is 10.2 Å². The van der Waals surface area contributed by atoms with Crippen molar-refractivity contribution in [2.24, 2.45) is 0 Å². The molecule has 0 bridgehead atoms. The number of likely N-dealkylation sites (tertiary alicyclic amines) is 1. The van der Waals surface area contributed by atoms with Crippen molar-refractivity contribution in [2.45, 2.75) is 31.6 Å². The molecule has 1 N–H and O–H groups in total. The van der Waals surface area contributed by atoms with Crippen LogP contribution in [0.2, 0.25) is 0 Å². The fourth-order valence-corrected chi connectivity index (χ4v) is 1.64. The van der Waals surface area contributed by atoms with Crippen molar-refractivity contribution in [3.05, 3.63) is 0 Å². The number of hydrogen-bond donors (Lipinski definition) is 1. The van der Waals surface area contributed by atoms with E-state index in [1.165, 1.54) is 6.42 Å². The predicted molar refractivity (Wildman–Crippen MR) is 58.8 cm³/mol. The lowest BCUT2D eigenvalue weighted by Crippen LogP contribution is -2.43. The van der Waals surface area contributed by atoms with E-state index in [1.807, 2.05) is 0 Å². The molecule has 1 unspecified atom stereocenters. The van der Waals surface area contributed by atoms with E-state index in [-0.39, 0.29) is 18.4 Å². The Hall–Kier alpha value is -0.770. The molecule has 15 heavy (non-hydrogen) atoms. The summed E-state index contributed by atoms with van der Waals surface area (Å²) in [5.74, 6) is -0.303. The molecule has 5 heteroatoms. The van der Waals surface area contributed by atoms with Crippen LogP contribution in [0.3, 0.4) is 0 Å². The van der Waals surface area contributed by atoms with Crippen LogP contribution >= 0.6 is 11.6 Å². The minimum Gasteiger partial charge on any atom is -0.346 e. The fourth-order valence-electron chi connectivity index (χ4n) is 1.56. The third kappa shape index (κ3) is 4.08. The van der Waals surface area contributed by atoms with Crippen LogP contribution < -0.4 is 5.32 Å². The first-order valence-electron chi connectivity index (χ1n) is 5.31. The molecule has 0 saturated carbocycles. The topological polar surface area (TPSA) is 49.4 Å². The molecule has 0 aromatic rings. The molecule has 1 aliphatic rings. The summed E-state index contributed by atoms with van der Waals surface area (Å²) in [7, 11) is 0. The van der Waals surface area contributed by atoms with E-state index in [4.69, 9.17) is 11.6 Å². The van der Waals surface area contributed by atoms with E-state index in [1.54, 1.807) is 11.8 Å². The van der Waals surface area contributed by atoms with Gasteiger partial charge in [-0.05, 0) is 26.2 Å². The molecule has 1 fully saturated rings. The largest absolute Gasteiger partial charge is 0.346 e. The number of alkyl halides is 1. The first-order chi connectivity index (χ1) is 7.11. The molecule has 1 atom stereocenters. The maximum absolute atomic E-state index is 11.6. The van der Waals surface area contributed by atoms with E-state index in [9.17, 15) is 9.59 Å². The first kappa shape index (κ1) is 12.3. The molecule has 1 saturated heterocycles. The van der Waals surface area contributed by atoms with Crippen molar-refractivity contribution in [3.8, 4) is 0 Å². The highest BCUT2D eigenvalue weighted by molar-refractivity contribution is 6.30. The van der Waals surface area contributed by atoms with Gasteiger partial charge in [-0.2, -0.15) is 0 Å². The molecule has 2 amide bonds. The van der Waals surface area contributed by atoms with Gasteiger partial charge in [-0.15, -0.1) is 11.6 Å². The second-order valence-electron chi connectivity index (χ2n) is 3.78. The third-order valence-corrected chi connectivity index (χ3v) is 2.68. The number of nitrogens with one attached hydrogen (secondary N) is 1. The van der Waals surface area contributed by atoms with E-state index in [0.29, 0.717) is 0 Å². The lowest BCUT2D eigenvalue weighted by atomic mass is 10.1. The minimum atomic E-state index is -0.584. The summed E-state index contributed by atoms with van der Waals surface area (Å²) >= 11 is 5.56. The van der Waals surface area contributed by atoms with Gasteiger partial charge in [0.25, 0.3) is 0 Å². The molecule has 1 heterocycles. The zero-order valence-corrected chi connectivity index (χ0v) is 9.72.